The number of ether oxygens (including phenoxy) is 1. The lowest BCUT2D eigenvalue weighted by atomic mass is 10.1. The van der Waals surface area contributed by atoms with Crippen LogP contribution in [-0.2, 0) is 4.74 Å². The molecule has 1 heteroatoms. The second kappa shape index (κ2) is 8.81. The average molecular weight is 224 g/mol. The monoisotopic (exact) mass is 224 g/mol. The summed E-state index contributed by atoms with van der Waals surface area (Å²) in [5, 5.41) is 0. The number of epoxide rings is 1. The summed E-state index contributed by atoms with van der Waals surface area (Å²) in [4.78, 5) is 0. The van der Waals surface area contributed by atoms with Crippen LogP contribution in [0.25, 0.3) is 0 Å². The highest BCUT2D eigenvalue weighted by Crippen LogP contribution is 2.28. The van der Waals surface area contributed by atoms with Gasteiger partial charge in [0.25, 0.3) is 0 Å². The fourth-order valence-corrected chi connectivity index (χ4v) is 2.06. The van der Waals surface area contributed by atoms with Crippen molar-refractivity contribution in [3.05, 3.63) is 12.2 Å². The van der Waals surface area contributed by atoms with E-state index in [1.807, 2.05) is 0 Å². The van der Waals surface area contributed by atoms with Gasteiger partial charge in [-0.2, -0.15) is 0 Å². The Morgan fingerprint density at radius 3 is 2.44 bits per heavy atom. The van der Waals surface area contributed by atoms with E-state index in [4.69, 9.17) is 4.74 Å². The van der Waals surface area contributed by atoms with Crippen molar-refractivity contribution in [3.63, 3.8) is 0 Å². The molecule has 0 aromatic carbocycles. The van der Waals surface area contributed by atoms with Crippen LogP contribution in [0.4, 0.5) is 0 Å². The van der Waals surface area contributed by atoms with E-state index in [2.05, 4.69) is 26.0 Å². The molecular weight excluding hydrogens is 196 g/mol. The Labute approximate surface area is 101 Å². The highest BCUT2D eigenvalue weighted by molar-refractivity contribution is 5.02. The van der Waals surface area contributed by atoms with Crippen molar-refractivity contribution in [2.45, 2.75) is 83.8 Å². The minimum atomic E-state index is 0.460. The molecule has 1 saturated heterocycles. The Hall–Kier alpha value is -0.300. The summed E-state index contributed by atoms with van der Waals surface area (Å²) in [6, 6.07) is 0. The summed E-state index contributed by atoms with van der Waals surface area (Å²) >= 11 is 0. The van der Waals surface area contributed by atoms with Crippen molar-refractivity contribution in [2.24, 2.45) is 0 Å². The highest BCUT2D eigenvalue weighted by Gasteiger charge is 2.34. The Balaban J connectivity index is 1.86. The standard InChI is InChI=1S/C15H28O/c1-3-5-7-8-9-10-11-13-15-14(16-15)12-6-4-2/h11,13-15H,3-10,12H2,1-2H3/t14-,15-/m1/s1. The fraction of sp³-hybridized carbons (Fsp3) is 0.867. The van der Waals surface area contributed by atoms with Crippen LogP contribution in [0.1, 0.15) is 71.6 Å². The molecule has 1 rings (SSSR count). The molecule has 1 aliphatic rings. The van der Waals surface area contributed by atoms with Gasteiger partial charge in [0.05, 0.1) is 6.10 Å². The lowest BCUT2D eigenvalue weighted by Crippen LogP contribution is -1.89. The number of hydrogen-bond donors (Lipinski definition) is 0. The molecule has 2 atom stereocenters. The molecule has 1 nitrogen and oxygen atoms in total. The van der Waals surface area contributed by atoms with Crippen LogP contribution in [0.15, 0.2) is 12.2 Å². The van der Waals surface area contributed by atoms with Crippen molar-refractivity contribution < 1.29 is 4.74 Å². The van der Waals surface area contributed by atoms with Gasteiger partial charge in [0.1, 0.15) is 6.10 Å². The zero-order chi connectivity index (χ0) is 11.6. The van der Waals surface area contributed by atoms with Gasteiger partial charge < -0.3 is 4.74 Å². The summed E-state index contributed by atoms with van der Waals surface area (Å²) in [7, 11) is 0. The minimum Gasteiger partial charge on any atom is -0.365 e. The third-order valence-electron chi connectivity index (χ3n) is 3.26. The molecule has 1 heterocycles. The summed E-state index contributed by atoms with van der Waals surface area (Å²) in [5.74, 6) is 0. The Kier molecular flexibility index (Phi) is 7.58. The topological polar surface area (TPSA) is 12.5 Å². The number of rotatable bonds is 10. The first-order valence-corrected chi connectivity index (χ1v) is 7.20. The maximum Gasteiger partial charge on any atom is 0.102 e. The molecule has 16 heavy (non-hydrogen) atoms. The lowest BCUT2D eigenvalue weighted by Gasteiger charge is -1.95. The normalized spacial score (nSPS) is 24.1. The summed E-state index contributed by atoms with van der Waals surface area (Å²) in [5.41, 5.74) is 0. The predicted molar refractivity (Wildman–Crippen MR) is 70.7 cm³/mol. The molecule has 0 radical (unpaired) electrons. The molecular formula is C15H28O. The molecule has 94 valence electrons. The first kappa shape index (κ1) is 13.8. The Morgan fingerprint density at radius 2 is 1.69 bits per heavy atom. The minimum absolute atomic E-state index is 0.460. The van der Waals surface area contributed by atoms with Crippen molar-refractivity contribution in [1.82, 2.24) is 0 Å². The molecule has 0 saturated carbocycles. The van der Waals surface area contributed by atoms with Crippen LogP contribution in [-0.4, -0.2) is 12.2 Å². The van der Waals surface area contributed by atoms with Crippen LogP contribution in [0.2, 0.25) is 0 Å². The van der Waals surface area contributed by atoms with Crippen molar-refractivity contribution >= 4 is 0 Å². The van der Waals surface area contributed by atoms with Crippen LogP contribution < -0.4 is 0 Å². The average Bonchev–Trinajstić information content (AvgIpc) is 3.04. The van der Waals surface area contributed by atoms with Gasteiger partial charge in [-0.05, 0) is 19.3 Å². The first-order valence-electron chi connectivity index (χ1n) is 7.20. The van der Waals surface area contributed by atoms with E-state index in [1.165, 1.54) is 57.8 Å². The van der Waals surface area contributed by atoms with Crippen LogP contribution >= 0.6 is 0 Å². The zero-order valence-corrected chi connectivity index (χ0v) is 11.1. The van der Waals surface area contributed by atoms with E-state index >= 15 is 0 Å². The Bertz CT molecular complexity index is 186. The van der Waals surface area contributed by atoms with E-state index in [0.717, 1.165) is 0 Å². The summed E-state index contributed by atoms with van der Waals surface area (Å²) in [6.07, 6.45) is 17.6. The molecule has 0 N–H and O–H groups in total. The lowest BCUT2D eigenvalue weighted by molar-refractivity contribution is 0.375. The zero-order valence-electron chi connectivity index (χ0n) is 11.1. The van der Waals surface area contributed by atoms with Crippen LogP contribution in [0.3, 0.4) is 0 Å². The molecule has 0 aromatic heterocycles. The van der Waals surface area contributed by atoms with Crippen molar-refractivity contribution in [2.75, 3.05) is 0 Å². The van der Waals surface area contributed by atoms with Gasteiger partial charge in [-0.3, -0.25) is 0 Å². The second-order valence-electron chi connectivity index (χ2n) is 4.91. The van der Waals surface area contributed by atoms with Crippen LogP contribution in [0, 0.1) is 0 Å². The molecule has 1 aliphatic heterocycles. The summed E-state index contributed by atoms with van der Waals surface area (Å²) in [6.45, 7) is 4.50. The van der Waals surface area contributed by atoms with E-state index in [-0.39, 0.29) is 0 Å². The second-order valence-corrected chi connectivity index (χ2v) is 4.91. The highest BCUT2D eigenvalue weighted by atomic mass is 16.6. The third-order valence-corrected chi connectivity index (χ3v) is 3.26. The molecule has 1 fully saturated rings. The van der Waals surface area contributed by atoms with Gasteiger partial charge >= 0.3 is 0 Å². The maximum absolute atomic E-state index is 5.58. The van der Waals surface area contributed by atoms with Crippen molar-refractivity contribution in [3.8, 4) is 0 Å². The quantitative estimate of drug-likeness (QED) is 0.293. The maximum atomic E-state index is 5.58. The van der Waals surface area contributed by atoms with Crippen LogP contribution in [0.5, 0.6) is 0 Å². The molecule has 0 aliphatic carbocycles. The molecule has 0 bridgehead atoms. The van der Waals surface area contributed by atoms with Gasteiger partial charge in [0.15, 0.2) is 0 Å². The van der Waals surface area contributed by atoms with E-state index in [9.17, 15) is 0 Å². The Morgan fingerprint density at radius 1 is 0.938 bits per heavy atom. The number of unbranched alkanes of at least 4 members (excludes halogenated alkanes) is 6. The van der Waals surface area contributed by atoms with Gasteiger partial charge in [-0.15, -0.1) is 0 Å². The van der Waals surface area contributed by atoms with Gasteiger partial charge in [0.2, 0.25) is 0 Å². The molecule has 0 aromatic rings. The third kappa shape index (κ3) is 6.32. The van der Waals surface area contributed by atoms with Gasteiger partial charge in [0, 0.05) is 0 Å². The van der Waals surface area contributed by atoms with E-state index in [0.29, 0.717) is 12.2 Å². The molecule has 0 amide bonds. The fourth-order valence-electron chi connectivity index (χ4n) is 2.06. The first-order chi connectivity index (χ1) is 7.88. The summed E-state index contributed by atoms with van der Waals surface area (Å²) < 4.78 is 5.58. The van der Waals surface area contributed by atoms with Gasteiger partial charge in [-0.1, -0.05) is 64.5 Å². The number of hydrogen-bond acceptors (Lipinski definition) is 1. The predicted octanol–water partition coefficient (Wildman–Crippen LogP) is 4.86. The SMILES string of the molecule is CCCCCCCC=C[C@H]1O[C@@H]1CCCC. The largest absolute Gasteiger partial charge is 0.365 e. The van der Waals surface area contributed by atoms with E-state index in [1.54, 1.807) is 0 Å². The smallest absolute Gasteiger partial charge is 0.102 e. The number of allylic oxidation sites excluding steroid dienone is 1. The molecule has 0 spiro atoms. The van der Waals surface area contributed by atoms with Crippen molar-refractivity contribution in [1.29, 1.82) is 0 Å². The molecule has 0 unspecified atom stereocenters. The van der Waals surface area contributed by atoms with E-state index < -0.39 is 0 Å². The van der Waals surface area contributed by atoms with Gasteiger partial charge in [-0.25, -0.2) is 0 Å².